The number of ether oxygens (including phenoxy) is 2. The van der Waals surface area contributed by atoms with Gasteiger partial charge in [0.1, 0.15) is 6.54 Å². The molecule has 1 aliphatic heterocycles. The number of hydrogen-bond donors (Lipinski definition) is 0. The van der Waals surface area contributed by atoms with Gasteiger partial charge in [0.05, 0.1) is 25.0 Å². The van der Waals surface area contributed by atoms with Crippen molar-refractivity contribution < 1.29 is 23.9 Å². The summed E-state index contributed by atoms with van der Waals surface area (Å²) in [5.41, 5.74) is 3.17. The van der Waals surface area contributed by atoms with Gasteiger partial charge in [-0.05, 0) is 80.2 Å². The van der Waals surface area contributed by atoms with E-state index in [4.69, 9.17) is 37.8 Å². The molecule has 0 saturated heterocycles. The van der Waals surface area contributed by atoms with Crippen LogP contribution in [0.25, 0.3) is 6.08 Å². The fraction of sp³-hybridized carbons (Fsp3) is 0.333. The summed E-state index contributed by atoms with van der Waals surface area (Å²) in [6.07, 6.45) is 4.65. The molecule has 10 nitrogen and oxygen atoms in total. The Morgan fingerprint density at radius 3 is 2.26 bits per heavy atom. The summed E-state index contributed by atoms with van der Waals surface area (Å²) >= 11 is 12.3. The average molecular weight is 610 g/mol. The second kappa shape index (κ2) is 12.9. The Bertz CT molecular complexity index is 1550. The van der Waals surface area contributed by atoms with Crippen LogP contribution in [0.1, 0.15) is 71.3 Å². The first kappa shape index (κ1) is 29.5. The number of benzene rings is 2. The van der Waals surface area contributed by atoms with Crippen LogP contribution in [0.15, 0.2) is 59.2 Å². The van der Waals surface area contributed by atoms with Crippen molar-refractivity contribution in [3.05, 3.63) is 86.7 Å². The van der Waals surface area contributed by atoms with Crippen LogP contribution in [0.3, 0.4) is 0 Å². The zero-order chi connectivity index (χ0) is 29.8. The topological polar surface area (TPSA) is 116 Å². The largest absolute Gasteiger partial charge is 0.461 e. The molecule has 1 amide bonds. The minimum Gasteiger partial charge on any atom is -0.461 e. The fourth-order valence-corrected chi connectivity index (χ4v) is 5.58. The molecule has 42 heavy (non-hydrogen) atoms. The van der Waals surface area contributed by atoms with Crippen LogP contribution in [0.2, 0.25) is 10.0 Å². The van der Waals surface area contributed by atoms with E-state index in [1.807, 2.05) is 36.4 Å². The number of carbonyl (C=O) groups is 3. The lowest BCUT2D eigenvalue weighted by molar-refractivity contribution is -0.134. The summed E-state index contributed by atoms with van der Waals surface area (Å²) in [5.74, 6) is -2.16. The number of halogens is 2. The minimum absolute atomic E-state index is 0.0576. The molecule has 3 aromatic rings. The number of nitrogens with zero attached hydrogens (tertiary/aromatic N) is 5. The lowest BCUT2D eigenvalue weighted by Gasteiger charge is -2.29. The van der Waals surface area contributed by atoms with E-state index in [0.29, 0.717) is 10.0 Å². The number of esters is 2. The van der Waals surface area contributed by atoms with Crippen molar-refractivity contribution in [2.24, 2.45) is 11.0 Å². The number of hydrogen-bond acceptors (Lipinski definition) is 8. The first-order valence-corrected chi connectivity index (χ1v) is 14.5. The lowest BCUT2D eigenvalue weighted by atomic mass is 9.77. The van der Waals surface area contributed by atoms with Crippen molar-refractivity contribution >= 4 is 52.8 Å². The summed E-state index contributed by atoms with van der Waals surface area (Å²) < 4.78 is 11.2. The normalized spacial score (nSPS) is 18.9. The number of allylic oxidation sites excluding steroid dienone is 1. The second-order valence-corrected chi connectivity index (χ2v) is 10.7. The highest BCUT2D eigenvalue weighted by molar-refractivity contribution is 6.30. The Kier molecular flexibility index (Phi) is 9.03. The molecule has 2 heterocycles. The van der Waals surface area contributed by atoms with Gasteiger partial charge in [-0.15, -0.1) is 5.10 Å². The Labute approximate surface area is 252 Å². The highest BCUT2D eigenvalue weighted by Crippen LogP contribution is 2.44. The van der Waals surface area contributed by atoms with E-state index < -0.39 is 30.4 Å². The van der Waals surface area contributed by atoms with Crippen LogP contribution in [-0.2, 0) is 20.8 Å². The third-order valence-corrected chi connectivity index (χ3v) is 7.64. The van der Waals surface area contributed by atoms with Gasteiger partial charge in [-0.25, -0.2) is 19.3 Å². The van der Waals surface area contributed by atoms with E-state index in [2.05, 4.69) is 16.4 Å². The molecule has 1 fully saturated rings. The standard InChI is InChI=1S/C30H29Cl2N5O5/c1-3-41-29(39)26-28(30(40)42-4-2)36(35-33-26)17-24(38)37-27(19-10-14-22(32)15-11-19)23-7-5-6-20(25(23)34-37)16-18-8-12-21(31)13-9-18/h8-16,23,27H,3-7,17H2,1-2H3/b20-16-/t23-,27+/m1/s1. The van der Waals surface area contributed by atoms with Gasteiger partial charge in [-0.3, -0.25) is 4.79 Å². The number of carbonyl (C=O) groups excluding carboxylic acids is 3. The molecule has 0 unspecified atom stereocenters. The van der Waals surface area contributed by atoms with E-state index in [1.54, 1.807) is 26.0 Å². The molecule has 0 radical (unpaired) electrons. The van der Waals surface area contributed by atoms with Crippen molar-refractivity contribution in [2.75, 3.05) is 13.2 Å². The molecule has 1 saturated carbocycles. The van der Waals surface area contributed by atoms with Gasteiger partial charge >= 0.3 is 11.9 Å². The van der Waals surface area contributed by atoms with Crippen molar-refractivity contribution in [2.45, 2.75) is 45.7 Å². The second-order valence-electron chi connectivity index (χ2n) is 9.83. The van der Waals surface area contributed by atoms with Crippen LogP contribution in [0, 0.1) is 5.92 Å². The quantitative estimate of drug-likeness (QED) is 0.298. The van der Waals surface area contributed by atoms with Gasteiger partial charge in [0.15, 0.2) is 5.69 Å². The zero-order valence-corrected chi connectivity index (χ0v) is 24.6. The van der Waals surface area contributed by atoms with E-state index in [1.165, 1.54) is 5.01 Å². The molecule has 0 bridgehead atoms. The number of amides is 1. The molecule has 1 aliphatic carbocycles. The van der Waals surface area contributed by atoms with E-state index in [0.717, 1.165) is 46.4 Å². The first-order chi connectivity index (χ1) is 20.3. The molecular formula is C30H29Cl2N5O5. The monoisotopic (exact) mass is 609 g/mol. The smallest absolute Gasteiger partial charge is 0.361 e. The molecule has 5 rings (SSSR count). The van der Waals surface area contributed by atoms with Gasteiger partial charge in [-0.1, -0.05) is 52.7 Å². The summed E-state index contributed by atoms with van der Waals surface area (Å²) in [4.78, 5) is 39.2. The zero-order valence-electron chi connectivity index (χ0n) is 23.1. The van der Waals surface area contributed by atoms with Gasteiger partial charge < -0.3 is 9.47 Å². The maximum absolute atomic E-state index is 14.0. The number of rotatable bonds is 8. The fourth-order valence-electron chi connectivity index (χ4n) is 5.32. The Balaban J connectivity index is 1.52. The Morgan fingerprint density at radius 2 is 1.60 bits per heavy atom. The highest BCUT2D eigenvalue weighted by Gasteiger charge is 2.44. The molecular weight excluding hydrogens is 581 g/mol. The van der Waals surface area contributed by atoms with Crippen molar-refractivity contribution in [3.63, 3.8) is 0 Å². The van der Waals surface area contributed by atoms with Crippen LogP contribution < -0.4 is 0 Å². The summed E-state index contributed by atoms with van der Waals surface area (Å²) in [6.45, 7) is 3.01. The SMILES string of the molecule is CCOC(=O)c1nnn(CC(=O)N2N=C3/C(=C\c4ccc(Cl)cc4)CCC[C@H]3[C@@H]2c2ccc(Cl)cc2)c1C(=O)OCC. The molecule has 2 atom stereocenters. The highest BCUT2D eigenvalue weighted by atomic mass is 35.5. The molecule has 0 spiro atoms. The number of hydrazone groups is 1. The number of aromatic nitrogens is 3. The molecule has 0 N–H and O–H groups in total. The van der Waals surface area contributed by atoms with Crippen molar-refractivity contribution in [3.8, 4) is 0 Å². The predicted molar refractivity (Wildman–Crippen MR) is 157 cm³/mol. The molecule has 2 aliphatic rings. The van der Waals surface area contributed by atoms with E-state index in [9.17, 15) is 14.4 Å². The third kappa shape index (κ3) is 6.10. The minimum atomic E-state index is -0.831. The van der Waals surface area contributed by atoms with Crippen LogP contribution >= 0.6 is 23.2 Å². The van der Waals surface area contributed by atoms with E-state index >= 15 is 0 Å². The Hall–Kier alpha value is -4.02. The Morgan fingerprint density at radius 1 is 0.952 bits per heavy atom. The maximum Gasteiger partial charge on any atom is 0.361 e. The molecule has 2 aromatic carbocycles. The average Bonchev–Trinajstić information content (AvgIpc) is 3.58. The van der Waals surface area contributed by atoms with Crippen LogP contribution in [-0.4, -0.2) is 56.8 Å². The van der Waals surface area contributed by atoms with Gasteiger partial charge in [0.2, 0.25) is 5.69 Å². The molecule has 12 heteroatoms. The summed E-state index contributed by atoms with van der Waals surface area (Å²) in [6, 6.07) is 14.5. The van der Waals surface area contributed by atoms with Crippen LogP contribution in [0.5, 0.6) is 0 Å². The number of fused-ring (bicyclic) bond motifs is 1. The molecule has 218 valence electrons. The summed E-state index contributed by atoms with van der Waals surface area (Å²) in [5, 5.41) is 15.3. The lowest BCUT2D eigenvalue weighted by Crippen LogP contribution is -2.34. The van der Waals surface area contributed by atoms with Gasteiger partial charge in [-0.2, -0.15) is 5.10 Å². The third-order valence-electron chi connectivity index (χ3n) is 7.14. The van der Waals surface area contributed by atoms with Crippen LogP contribution in [0.4, 0.5) is 0 Å². The maximum atomic E-state index is 14.0. The van der Waals surface area contributed by atoms with E-state index in [-0.39, 0.29) is 30.5 Å². The van der Waals surface area contributed by atoms with Crippen molar-refractivity contribution in [1.29, 1.82) is 0 Å². The van der Waals surface area contributed by atoms with Gasteiger partial charge in [0.25, 0.3) is 5.91 Å². The van der Waals surface area contributed by atoms with Gasteiger partial charge in [0, 0.05) is 16.0 Å². The summed E-state index contributed by atoms with van der Waals surface area (Å²) in [7, 11) is 0. The first-order valence-electron chi connectivity index (χ1n) is 13.7. The molecule has 1 aromatic heterocycles. The predicted octanol–water partition coefficient (Wildman–Crippen LogP) is 5.76. The van der Waals surface area contributed by atoms with Crippen molar-refractivity contribution in [1.82, 2.24) is 20.0 Å².